The highest BCUT2D eigenvalue weighted by molar-refractivity contribution is 5.81. The molecule has 1 saturated heterocycles. The van der Waals surface area contributed by atoms with Gasteiger partial charge in [0.1, 0.15) is 18.1 Å². The van der Waals surface area contributed by atoms with Crippen molar-refractivity contribution in [2.24, 2.45) is 0 Å². The summed E-state index contributed by atoms with van der Waals surface area (Å²) in [4.78, 5) is 12.5. The van der Waals surface area contributed by atoms with Crippen molar-refractivity contribution in [1.82, 2.24) is 19.5 Å². The van der Waals surface area contributed by atoms with Gasteiger partial charge in [0.15, 0.2) is 11.5 Å². The van der Waals surface area contributed by atoms with Crippen molar-refractivity contribution in [3.05, 3.63) is 12.7 Å². The summed E-state index contributed by atoms with van der Waals surface area (Å²) in [6.45, 7) is 10.2. The van der Waals surface area contributed by atoms with Gasteiger partial charge in [-0.25, -0.2) is 15.0 Å². The summed E-state index contributed by atoms with van der Waals surface area (Å²) in [6.07, 6.45) is 16.0. The Bertz CT molecular complexity index is 593. The Kier molecular flexibility index (Phi) is 11.2. The molecule has 3 rings (SSSR count). The lowest BCUT2D eigenvalue weighted by molar-refractivity contribution is 0.000459. The molecule has 2 unspecified atom stereocenters. The van der Waals surface area contributed by atoms with E-state index in [2.05, 4.69) is 34.7 Å². The maximum absolute atomic E-state index is 6.02. The van der Waals surface area contributed by atoms with Crippen LogP contribution in [0.15, 0.2) is 12.7 Å². The molecule has 0 spiro atoms. The number of anilines is 1. The SMILES string of the molecule is C#C.CC.CC.CCCC1CCC(n2cnc3c(N)ncnc32)O1. The van der Waals surface area contributed by atoms with Gasteiger partial charge in [-0.3, -0.25) is 4.57 Å². The average molecular weight is 333 g/mol. The van der Waals surface area contributed by atoms with Crippen LogP contribution in [-0.2, 0) is 4.74 Å². The largest absolute Gasteiger partial charge is 0.382 e. The highest BCUT2D eigenvalue weighted by Crippen LogP contribution is 2.32. The van der Waals surface area contributed by atoms with Crippen molar-refractivity contribution < 1.29 is 4.74 Å². The maximum Gasteiger partial charge on any atom is 0.167 e. The number of nitrogens with zero attached hydrogens (tertiary/aromatic N) is 4. The van der Waals surface area contributed by atoms with Gasteiger partial charge in [0.05, 0.1) is 12.4 Å². The lowest BCUT2D eigenvalue weighted by atomic mass is 10.1. The Labute approximate surface area is 145 Å². The molecule has 2 aromatic rings. The number of nitrogen functional groups attached to an aromatic ring is 1. The number of aromatic nitrogens is 4. The summed E-state index contributed by atoms with van der Waals surface area (Å²) in [5.41, 5.74) is 7.18. The van der Waals surface area contributed by atoms with Crippen LogP contribution in [0.5, 0.6) is 0 Å². The fourth-order valence-corrected chi connectivity index (χ4v) is 2.51. The van der Waals surface area contributed by atoms with E-state index in [0.29, 0.717) is 17.4 Å². The van der Waals surface area contributed by atoms with Gasteiger partial charge in [0.2, 0.25) is 0 Å². The van der Waals surface area contributed by atoms with Crippen LogP contribution < -0.4 is 5.73 Å². The number of rotatable bonds is 3. The average Bonchev–Trinajstić information content (AvgIpc) is 3.28. The predicted molar refractivity (Wildman–Crippen MR) is 100 cm³/mol. The van der Waals surface area contributed by atoms with E-state index in [9.17, 15) is 0 Å². The summed E-state index contributed by atoms with van der Waals surface area (Å²) in [5.74, 6) is 0.418. The number of terminal acetylenes is 1. The van der Waals surface area contributed by atoms with Gasteiger partial charge in [-0.1, -0.05) is 41.0 Å². The first-order valence-electron chi connectivity index (χ1n) is 8.71. The summed E-state index contributed by atoms with van der Waals surface area (Å²) in [7, 11) is 0. The number of hydrogen-bond donors (Lipinski definition) is 1. The van der Waals surface area contributed by atoms with E-state index in [4.69, 9.17) is 10.5 Å². The van der Waals surface area contributed by atoms with Gasteiger partial charge in [-0.15, -0.1) is 12.8 Å². The second kappa shape index (κ2) is 12.3. The summed E-state index contributed by atoms with van der Waals surface area (Å²) >= 11 is 0. The Morgan fingerprint density at radius 2 is 1.83 bits per heavy atom. The molecular formula is C18H31N5O. The van der Waals surface area contributed by atoms with Gasteiger partial charge in [-0.2, -0.15) is 0 Å². The fraction of sp³-hybridized carbons (Fsp3) is 0.611. The highest BCUT2D eigenvalue weighted by atomic mass is 16.5. The normalized spacial score (nSPS) is 18.5. The monoisotopic (exact) mass is 333 g/mol. The highest BCUT2D eigenvalue weighted by Gasteiger charge is 2.27. The summed E-state index contributed by atoms with van der Waals surface area (Å²) in [6, 6.07) is 0. The van der Waals surface area contributed by atoms with E-state index < -0.39 is 0 Å². The van der Waals surface area contributed by atoms with E-state index in [0.717, 1.165) is 31.3 Å². The van der Waals surface area contributed by atoms with Crippen LogP contribution in [-0.4, -0.2) is 25.6 Å². The standard InChI is InChI=1S/C12H17N5O.2C2H6.C2H2/c1-2-3-8-4-5-9(18-8)17-7-16-10-11(13)14-6-15-12(10)17;3*1-2/h6-9H,2-5H2,1H3,(H2,13,14,15);2*1-2H3;1-2H. The van der Waals surface area contributed by atoms with Gasteiger partial charge in [0, 0.05) is 0 Å². The zero-order valence-corrected chi connectivity index (χ0v) is 15.6. The molecule has 0 saturated carbocycles. The first kappa shape index (κ1) is 21.9. The van der Waals surface area contributed by atoms with Crippen LogP contribution in [0.25, 0.3) is 11.2 Å². The zero-order chi connectivity index (χ0) is 18.5. The molecule has 24 heavy (non-hydrogen) atoms. The van der Waals surface area contributed by atoms with Crippen molar-refractivity contribution in [1.29, 1.82) is 0 Å². The molecule has 0 bridgehead atoms. The molecule has 2 N–H and O–H groups in total. The van der Waals surface area contributed by atoms with Crippen LogP contribution in [0.3, 0.4) is 0 Å². The van der Waals surface area contributed by atoms with Crippen LogP contribution in [0.1, 0.15) is 66.5 Å². The molecule has 0 aromatic carbocycles. The van der Waals surface area contributed by atoms with E-state index >= 15 is 0 Å². The smallest absolute Gasteiger partial charge is 0.167 e. The summed E-state index contributed by atoms with van der Waals surface area (Å²) in [5, 5.41) is 0. The molecule has 1 aliphatic heterocycles. The Morgan fingerprint density at radius 3 is 2.46 bits per heavy atom. The number of ether oxygens (including phenoxy) is 1. The van der Waals surface area contributed by atoms with E-state index in [-0.39, 0.29) is 6.23 Å². The maximum atomic E-state index is 6.02. The second-order valence-electron chi connectivity index (χ2n) is 4.66. The summed E-state index contributed by atoms with van der Waals surface area (Å²) < 4.78 is 7.98. The Morgan fingerprint density at radius 1 is 1.17 bits per heavy atom. The van der Waals surface area contributed by atoms with Crippen molar-refractivity contribution in [2.45, 2.75) is 72.6 Å². The molecule has 0 aliphatic carbocycles. The van der Waals surface area contributed by atoms with E-state index in [1.54, 1.807) is 6.33 Å². The second-order valence-corrected chi connectivity index (χ2v) is 4.66. The molecule has 134 valence electrons. The molecule has 0 radical (unpaired) electrons. The minimum Gasteiger partial charge on any atom is -0.382 e. The van der Waals surface area contributed by atoms with Crippen molar-refractivity contribution in [3.63, 3.8) is 0 Å². The number of hydrogen-bond acceptors (Lipinski definition) is 5. The molecule has 6 nitrogen and oxygen atoms in total. The molecule has 2 aromatic heterocycles. The minimum atomic E-state index is 0.0286. The molecule has 3 heterocycles. The van der Waals surface area contributed by atoms with Gasteiger partial charge >= 0.3 is 0 Å². The number of fused-ring (bicyclic) bond motifs is 1. The third-order valence-electron chi connectivity index (χ3n) is 3.39. The molecule has 6 heteroatoms. The molecular weight excluding hydrogens is 302 g/mol. The van der Waals surface area contributed by atoms with E-state index in [1.807, 2.05) is 32.3 Å². The lowest BCUT2D eigenvalue weighted by Crippen LogP contribution is -2.11. The Balaban J connectivity index is 0.000000798. The Hall–Kier alpha value is -2.13. The van der Waals surface area contributed by atoms with Crippen molar-refractivity contribution >= 4 is 17.0 Å². The van der Waals surface area contributed by atoms with Gasteiger partial charge < -0.3 is 10.5 Å². The number of imidazole rings is 1. The number of nitrogens with two attached hydrogens (primary N) is 1. The van der Waals surface area contributed by atoms with Crippen LogP contribution in [0, 0.1) is 12.8 Å². The lowest BCUT2D eigenvalue weighted by Gasteiger charge is -2.14. The molecule has 0 amide bonds. The third-order valence-corrected chi connectivity index (χ3v) is 3.39. The predicted octanol–water partition coefficient (Wildman–Crippen LogP) is 4.19. The van der Waals surface area contributed by atoms with Crippen LogP contribution in [0.4, 0.5) is 5.82 Å². The van der Waals surface area contributed by atoms with Crippen molar-refractivity contribution in [2.75, 3.05) is 5.73 Å². The first-order valence-corrected chi connectivity index (χ1v) is 8.71. The molecule has 2 atom stereocenters. The van der Waals surface area contributed by atoms with Crippen LogP contribution in [0.2, 0.25) is 0 Å². The quantitative estimate of drug-likeness (QED) is 0.852. The topological polar surface area (TPSA) is 78.9 Å². The molecule has 1 fully saturated rings. The van der Waals surface area contributed by atoms with Crippen LogP contribution >= 0.6 is 0 Å². The van der Waals surface area contributed by atoms with Gasteiger partial charge in [0.25, 0.3) is 0 Å². The fourth-order valence-electron chi connectivity index (χ4n) is 2.51. The molecule has 1 aliphatic rings. The zero-order valence-electron chi connectivity index (χ0n) is 15.6. The van der Waals surface area contributed by atoms with E-state index in [1.165, 1.54) is 6.33 Å². The van der Waals surface area contributed by atoms with Gasteiger partial charge in [-0.05, 0) is 19.3 Å². The third kappa shape index (κ3) is 5.20. The first-order chi connectivity index (χ1) is 11.8. The van der Waals surface area contributed by atoms with Crippen molar-refractivity contribution in [3.8, 4) is 12.8 Å². The minimum absolute atomic E-state index is 0.0286.